The van der Waals surface area contributed by atoms with Crippen LogP contribution < -0.4 is 35.5 Å². The van der Waals surface area contributed by atoms with Crippen molar-refractivity contribution in [2.45, 2.75) is 26.7 Å². The molecular formula is C45H45N2O11P. The zero-order valence-electron chi connectivity index (χ0n) is 33.1. The molecule has 13 nitrogen and oxygen atoms in total. The van der Waals surface area contributed by atoms with E-state index in [-0.39, 0.29) is 30.2 Å². The number of amides is 2. The molecule has 2 amide bonds. The van der Waals surface area contributed by atoms with Gasteiger partial charge in [0.1, 0.15) is 17.2 Å². The van der Waals surface area contributed by atoms with Gasteiger partial charge in [0.15, 0.2) is 5.78 Å². The molecule has 0 bridgehead atoms. The summed E-state index contributed by atoms with van der Waals surface area (Å²) in [5, 5.41) is 25.5. The number of carbonyl (C=O) groups is 4. The Kier molecular flexibility index (Phi) is 15.9. The third-order valence-corrected chi connectivity index (χ3v) is 10.7. The highest BCUT2D eigenvalue weighted by Gasteiger charge is 2.24. The van der Waals surface area contributed by atoms with Gasteiger partial charge in [-0.05, 0) is 121 Å². The monoisotopic (exact) mass is 820 g/mol. The molecule has 5 N–H and O–H groups in total. The van der Waals surface area contributed by atoms with Crippen molar-refractivity contribution in [3.8, 4) is 17.2 Å². The Balaban J connectivity index is 0.000000197. The summed E-state index contributed by atoms with van der Waals surface area (Å²) in [6, 6.07) is 35.7. The number of fused-ring (bicyclic) bond motifs is 1. The summed E-state index contributed by atoms with van der Waals surface area (Å²) in [5.74, 6) is -0.505. The van der Waals surface area contributed by atoms with Crippen LogP contribution in [0.1, 0.15) is 44.7 Å². The molecule has 0 saturated heterocycles. The summed E-state index contributed by atoms with van der Waals surface area (Å²) in [7, 11) is 1.08. The van der Waals surface area contributed by atoms with Gasteiger partial charge in [0.25, 0.3) is 7.37 Å². The summed E-state index contributed by atoms with van der Waals surface area (Å²) in [6.45, 7) is 3.86. The summed E-state index contributed by atoms with van der Waals surface area (Å²) in [4.78, 5) is 55.6. The number of rotatable bonds is 12. The van der Waals surface area contributed by atoms with Gasteiger partial charge in [-0.2, -0.15) is 0 Å². The minimum absolute atomic E-state index is 0.0483. The molecule has 1 atom stereocenters. The number of hydrogen-bond acceptors (Lipinski definition) is 8. The lowest BCUT2D eigenvalue weighted by Crippen LogP contribution is -2.20. The molecule has 1 unspecified atom stereocenters. The Bertz CT molecular complexity index is 2470. The predicted molar refractivity (Wildman–Crippen MR) is 229 cm³/mol. The van der Waals surface area contributed by atoms with Gasteiger partial charge in [0.05, 0.1) is 38.9 Å². The number of anilines is 2. The van der Waals surface area contributed by atoms with E-state index in [1.807, 2.05) is 50.2 Å². The SMILES string of the molecule is COc1ccc2cc(C(=O)CCC(=O)O)c(OC)cc2c1.COc1cccc(P(=O)(O)c2ccccc2)c1.Cc1ccc(C)c(NC(=O)Nc2ccc(C(=O)O)cc2)c1. The Morgan fingerprint density at radius 1 is 0.627 bits per heavy atom. The van der Waals surface area contributed by atoms with Crippen molar-refractivity contribution >= 4 is 63.9 Å². The summed E-state index contributed by atoms with van der Waals surface area (Å²) >= 11 is 0. The first-order valence-electron chi connectivity index (χ1n) is 18.1. The van der Waals surface area contributed by atoms with Crippen LogP contribution in [-0.4, -0.2) is 60.2 Å². The first-order chi connectivity index (χ1) is 28.1. The van der Waals surface area contributed by atoms with Crippen LogP contribution in [0.4, 0.5) is 16.2 Å². The molecule has 6 aromatic rings. The Hall–Kier alpha value is -6.95. The van der Waals surface area contributed by atoms with Crippen LogP contribution in [-0.2, 0) is 9.36 Å². The molecule has 0 radical (unpaired) electrons. The van der Waals surface area contributed by atoms with Gasteiger partial charge in [-0.3, -0.25) is 14.2 Å². The molecule has 0 aromatic heterocycles. The number of nitrogens with one attached hydrogen (secondary N) is 2. The first kappa shape index (κ1) is 44.8. The Labute approximate surface area is 341 Å². The topological polar surface area (TPSA) is 198 Å². The largest absolute Gasteiger partial charge is 0.497 e. The third kappa shape index (κ3) is 12.8. The van der Waals surface area contributed by atoms with Crippen molar-refractivity contribution < 1.29 is 53.1 Å². The van der Waals surface area contributed by atoms with E-state index in [1.165, 1.54) is 26.4 Å². The number of aryl methyl sites for hydroxylation is 2. The van der Waals surface area contributed by atoms with Crippen molar-refractivity contribution in [3.63, 3.8) is 0 Å². The van der Waals surface area contributed by atoms with Crippen molar-refractivity contribution in [3.05, 3.63) is 150 Å². The number of benzene rings is 6. The zero-order valence-corrected chi connectivity index (χ0v) is 34.0. The highest BCUT2D eigenvalue weighted by Crippen LogP contribution is 2.38. The quantitative estimate of drug-likeness (QED) is 0.0586. The molecular weight excluding hydrogens is 775 g/mol. The van der Waals surface area contributed by atoms with E-state index >= 15 is 0 Å². The number of ether oxygens (including phenoxy) is 3. The number of carbonyl (C=O) groups excluding carboxylic acids is 2. The molecule has 6 aromatic carbocycles. The lowest BCUT2D eigenvalue weighted by Gasteiger charge is -2.12. The van der Waals surface area contributed by atoms with Gasteiger partial charge in [0.2, 0.25) is 0 Å². The van der Waals surface area contributed by atoms with Crippen LogP contribution in [0.15, 0.2) is 127 Å². The van der Waals surface area contributed by atoms with Crippen LogP contribution in [0.5, 0.6) is 17.2 Å². The molecule has 0 aliphatic carbocycles. The molecule has 0 heterocycles. The number of aliphatic carboxylic acids is 1. The number of Topliss-reactive ketones (excluding diaryl/α,β-unsaturated/α-hetero) is 1. The van der Waals surface area contributed by atoms with Crippen LogP contribution in [0.25, 0.3) is 10.8 Å². The van der Waals surface area contributed by atoms with Crippen molar-refractivity contribution in [2.75, 3.05) is 32.0 Å². The molecule has 0 aliphatic heterocycles. The lowest BCUT2D eigenvalue weighted by molar-refractivity contribution is -0.136. The van der Waals surface area contributed by atoms with E-state index in [0.717, 1.165) is 33.3 Å². The van der Waals surface area contributed by atoms with Crippen LogP contribution in [0.3, 0.4) is 0 Å². The van der Waals surface area contributed by atoms with Crippen molar-refractivity contribution in [2.24, 2.45) is 0 Å². The van der Waals surface area contributed by atoms with E-state index in [1.54, 1.807) is 86.0 Å². The van der Waals surface area contributed by atoms with Gasteiger partial charge < -0.3 is 40.0 Å². The van der Waals surface area contributed by atoms with Crippen molar-refractivity contribution in [1.82, 2.24) is 0 Å². The number of carboxylic acid groups (broad SMARTS) is 2. The second-order valence-electron chi connectivity index (χ2n) is 13.0. The fourth-order valence-corrected chi connectivity index (χ4v) is 7.02. The molecule has 306 valence electrons. The van der Waals surface area contributed by atoms with E-state index < -0.39 is 19.3 Å². The third-order valence-electron chi connectivity index (χ3n) is 8.77. The average molecular weight is 821 g/mol. The van der Waals surface area contributed by atoms with Crippen LogP contribution in [0.2, 0.25) is 0 Å². The highest BCUT2D eigenvalue weighted by molar-refractivity contribution is 7.73. The zero-order chi connectivity index (χ0) is 43.1. The first-order valence-corrected chi connectivity index (χ1v) is 19.7. The number of methoxy groups -OCH3 is 3. The van der Waals surface area contributed by atoms with E-state index in [0.29, 0.717) is 33.4 Å². The maximum atomic E-state index is 12.4. The van der Waals surface area contributed by atoms with Crippen LogP contribution in [0, 0.1) is 13.8 Å². The maximum absolute atomic E-state index is 12.4. The standard InChI is InChI=1S/C16H16N2O3.C16H16O5.C13H13O3P/c1-10-3-4-11(2)14(9-10)18-16(21)17-13-7-5-12(6-8-13)15(19)20;1-20-12-4-3-10-8-13(14(17)5-6-16(18)19)15(21-2)9-11(10)7-12;1-16-11-6-5-9-13(10-11)17(14,15)12-7-3-2-4-8-12/h3-9H,1-2H3,(H,19,20)(H2,17,18,21);3-4,7-9H,5-6H2,1-2H3,(H,18,19);2-10H,1H3,(H,14,15). The van der Waals surface area contributed by atoms with Gasteiger partial charge in [-0.15, -0.1) is 0 Å². The molecule has 0 aliphatic rings. The molecule has 6 rings (SSSR count). The summed E-state index contributed by atoms with van der Waals surface area (Å²) in [6.07, 6.45) is -0.240. The number of carboxylic acids is 2. The maximum Gasteiger partial charge on any atom is 0.335 e. The highest BCUT2D eigenvalue weighted by atomic mass is 31.2. The van der Waals surface area contributed by atoms with E-state index in [4.69, 9.17) is 24.4 Å². The molecule has 0 spiro atoms. The fourth-order valence-electron chi connectivity index (χ4n) is 5.55. The minimum atomic E-state index is -3.52. The second kappa shape index (κ2) is 21.0. The average Bonchev–Trinajstić information content (AvgIpc) is 3.24. The minimum Gasteiger partial charge on any atom is -0.497 e. The smallest absolute Gasteiger partial charge is 0.335 e. The van der Waals surface area contributed by atoms with Crippen molar-refractivity contribution in [1.29, 1.82) is 0 Å². The number of urea groups is 1. The molecule has 14 heteroatoms. The van der Waals surface area contributed by atoms with E-state index in [9.17, 15) is 28.6 Å². The molecule has 59 heavy (non-hydrogen) atoms. The lowest BCUT2D eigenvalue weighted by atomic mass is 10.0. The number of aromatic carboxylic acids is 1. The normalized spacial score (nSPS) is 11.3. The Morgan fingerprint density at radius 3 is 1.92 bits per heavy atom. The summed E-state index contributed by atoms with van der Waals surface area (Å²) in [5.41, 5.74) is 3.88. The van der Waals surface area contributed by atoms with Gasteiger partial charge in [-0.25, -0.2) is 9.59 Å². The summed E-state index contributed by atoms with van der Waals surface area (Å²) < 4.78 is 27.9. The Morgan fingerprint density at radius 2 is 1.29 bits per heavy atom. The van der Waals surface area contributed by atoms with Gasteiger partial charge >= 0.3 is 18.0 Å². The number of hydrogen-bond donors (Lipinski definition) is 5. The fraction of sp³-hybridized carbons (Fsp3) is 0.156. The van der Waals surface area contributed by atoms with Crippen LogP contribution >= 0.6 is 7.37 Å². The van der Waals surface area contributed by atoms with Gasteiger partial charge in [0, 0.05) is 28.4 Å². The van der Waals surface area contributed by atoms with Gasteiger partial charge in [-0.1, -0.05) is 42.5 Å². The molecule has 0 fully saturated rings. The number of ketones is 1. The van der Waals surface area contributed by atoms with E-state index in [2.05, 4.69) is 10.6 Å². The predicted octanol–water partition coefficient (Wildman–Crippen LogP) is 8.47. The molecule has 0 saturated carbocycles. The second-order valence-corrected chi connectivity index (χ2v) is 15.2.